The van der Waals surface area contributed by atoms with Crippen molar-refractivity contribution >= 4 is 0 Å². The highest BCUT2D eigenvalue weighted by molar-refractivity contribution is 5.14. The monoisotopic (exact) mass is 443 g/mol. The van der Waals surface area contributed by atoms with Crippen LogP contribution in [-0.2, 0) is 36.9 Å². The van der Waals surface area contributed by atoms with Gasteiger partial charge in [-0.25, -0.2) is 0 Å². The molecule has 1 N–H and O–H groups in total. The Hall–Kier alpha value is -2.49. The van der Waals surface area contributed by atoms with Crippen LogP contribution in [0.5, 0.6) is 0 Å². The van der Waals surface area contributed by atoms with Crippen molar-refractivity contribution in [2.45, 2.75) is 37.8 Å². The van der Waals surface area contributed by atoms with E-state index in [1.165, 1.54) is 0 Å². The van der Waals surface area contributed by atoms with Gasteiger partial charge in [0.15, 0.2) is 6.29 Å². The number of nitrogens with zero attached hydrogens (tertiary/aromatic N) is 3. The summed E-state index contributed by atoms with van der Waals surface area (Å²) >= 11 is 0. The van der Waals surface area contributed by atoms with Gasteiger partial charge in [0.1, 0.15) is 18.3 Å². The van der Waals surface area contributed by atoms with Crippen LogP contribution in [0.3, 0.4) is 0 Å². The van der Waals surface area contributed by atoms with E-state index in [0.717, 1.165) is 11.1 Å². The zero-order valence-electron chi connectivity index (χ0n) is 17.9. The van der Waals surface area contributed by atoms with Gasteiger partial charge >= 0.3 is 0 Å². The van der Waals surface area contributed by atoms with E-state index in [9.17, 15) is 5.11 Å². The van der Waals surface area contributed by atoms with E-state index in [1.807, 2.05) is 60.7 Å². The maximum Gasteiger partial charge on any atom is 0.187 e. The lowest BCUT2D eigenvalue weighted by Crippen LogP contribution is -2.37. The molecule has 0 aliphatic carbocycles. The Morgan fingerprint density at radius 3 is 2.25 bits per heavy atom. The van der Waals surface area contributed by atoms with Crippen molar-refractivity contribution < 1.29 is 28.8 Å². The fourth-order valence-electron chi connectivity index (χ4n) is 3.26. The molecule has 0 aromatic heterocycles. The lowest BCUT2D eigenvalue weighted by molar-refractivity contribution is -0.189. The highest BCUT2D eigenvalue weighted by Gasteiger charge is 2.45. The van der Waals surface area contributed by atoms with Crippen molar-refractivity contribution in [1.29, 1.82) is 0 Å². The molecule has 4 atom stereocenters. The van der Waals surface area contributed by atoms with Crippen LogP contribution < -0.4 is 0 Å². The minimum absolute atomic E-state index is 0.212. The summed E-state index contributed by atoms with van der Waals surface area (Å²) in [5.74, 6) is 0. The number of aliphatic hydroxyl groups is 1. The van der Waals surface area contributed by atoms with Gasteiger partial charge in [0.25, 0.3) is 0 Å². The Kier molecular flexibility index (Phi) is 10.4. The largest absolute Gasteiger partial charge is 0.387 e. The Bertz CT molecular complexity index is 819. The van der Waals surface area contributed by atoms with Crippen LogP contribution in [0.25, 0.3) is 10.4 Å². The van der Waals surface area contributed by atoms with Gasteiger partial charge in [0.2, 0.25) is 0 Å². The SMILES string of the molecule is [N-]=[N+]=NCCOCCO[C@@H]1O[C@H](COCc2ccccc2)[C@@H](O)[C@H]1OCc1ccccc1. The van der Waals surface area contributed by atoms with E-state index in [-0.39, 0.29) is 19.8 Å². The topological polar surface area (TPSA) is 115 Å². The van der Waals surface area contributed by atoms with Crippen LogP contribution in [0.1, 0.15) is 11.1 Å². The molecule has 0 spiro atoms. The van der Waals surface area contributed by atoms with Crippen LogP contribution >= 0.6 is 0 Å². The average Bonchev–Trinajstić information content (AvgIpc) is 3.12. The number of aliphatic hydroxyl groups excluding tert-OH is 1. The fraction of sp³-hybridized carbons (Fsp3) is 0.478. The van der Waals surface area contributed by atoms with Crippen LogP contribution in [0.4, 0.5) is 0 Å². The number of ether oxygens (including phenoxy) is 5. The van der Waals surface area contributed by atoms with Gasteiger partial charge in [-0.3, -0.25) is 0 Å². The minimum atomic E-state index is -0.898. The number of hydrogen-bond acceptors (Lipinski definition) is 7. The van der Waals surface area contributed by atoms with Crippen molar-refractivity contribution in [3.8, 4) is 0 Å². The second kappa shape index (κ2) is 13.8. The minimum Gasteiger partial charge on any atom is -0.387 e. The highest BCUT2D eigenvalue weighted by Crippen LogP contribution is 2.26. The first-order chi connectivity index (χ1) is 15.8. The Morgan fingerprint density at radius 2 is 1.56 bits per heavy atom. The molecule has 0 unspecified atom stereocenters. The van der Waals surface area contributed by atoms with Crippen LogP contribution in [0, 0.1) is 0 Å². The molecule has 172 valence electrons. The fourth-order valence-corrected chi connectivity index (χ4v) is 3.26. The first kappa shape index (κ1) is 24.2. The summed E-state index contributed by atoms with van der Waals surface area (Å²) in [6.07, 6.45) is -2.88. The van der Waals surface area contributed by atoms with E-state index in [1.54, 1.807) is 0 Å². The second-order valence-electron chi connectivity index (χ2n) is 7.23. The molecule has 0 saturated carbocycles. The second-order valence-corrected chi connectivity index (χ2v) is 7.23. The molecule has 1 fully saturated rings. The number of rotatable bonds is 14. The Labute approximate surface area is 187 Å². The molecule has 0 radical (unpaired) electrons. The number of hydrogen-bond donors (Lipinski definition) is 1. The third kappa shape index (κ3) is 7.89. The Morgan fingerprint density at radius 1 is 0.875 bits per heavy atom. The molecule has 9 nitrogen and oxygen atoms in total. The standard InChI is InChI=1S/C23H29N3O6/c24-26-25-11-12-28-13-14-30-23-22(31-16-19-9-5-2-6-10-19)21(27)20(32-23)17-29-15-18-7-3-1-4-8-18/h1-10,20-23,27H,11-17H2/t20-,21-,22-,23-/m1/s1. The summed E-state index contributed by atoms with van der Waals surface area (Å²) in [6.45, 7) is 2.08. The molecular formula is C23H29N3O6. The number of benzene rings is 2. The smallest absolute Gasteiger partial charge is 0.187 e. The van der Waals surface area contributed by atoms with E-state index in [0.29, 0.717) is 26.4 Å². The van der Waals surface area contributed by atoms with Gasteiger partial charge in [-0.2, -0.15) is 0 Å². The van der Waals surface area contributed by atoms with Crippen molar-refractivity contribution in [3.05, 3.63) is 82.2 Å². The molecule has 3 rings (SSSR count). The van der Waals surface area contributed by atoms with Gasteiger partial charge in [-0.1, -0.05) is 65.8 Å². The molecule has 1 aliphatic heterocycles. The van der Waals surface area contributed by atoms with Crippen molar-refractivity contribution in [2.75, 3.05) is 33.0 Å². The molecule has 0 bridgehead atoms. The first-order valence-corrected chi connectivity index (χ1v) is 10.6. The Balaban J connectivity index is 1.49. The molecule has 0 amide bonds. The molecule has 1 heterocycles. The summed E-state index contributed by atoms with van der Waals surface area (Å²) in [7, 11) is 0. The van der Waals surface area contributed by atoms with Gasteiger partial charge in [0.05, 0.1) is 39.6 Å². The summed E-state index contributed by atoms with van der Waals surface area (Å²) in [5.41, 5.74) is 10.3. The number of azide groups is 1. The molecule has 2 aromatic carbocycles. The molecule has 32 heavy (non-hydrogen) atoms. The summed E-state index contributed by atoms with van der Waals surface area (Å²) in [6, 6.07) is 19.5. The highest BCUT2D eigenvalue weighted by atomic mass is 16.7. The molecule has 1 aliphatic rings. The summed E-state index contributed by atoms with van der Waals surface area (Å²) in [5, 5.41) is 14.2. The lowest BCUT2D eigenvalue weighted by atomic mass is 10.1. The van der Waals surface area contributed by atoms with Crippen molar-refractivity contribution in [1.82, 2.24) is 0 Å². The van der Waals surface area contributed by atoms with Crippen LogP contribution in [0.2, 0.25) is 0 Å². The van der Waals surface area contributed by atoms with Crippen LogP contribution in [0.15, 0.2) is 65.8 Å². The van der Waals surface area contributed by atoms with Gasteiger partial charge in [-0.05, 0) is 16.7 Å². The van der Waals surface area contributed by atoms with E-state index >= 15 is 0 Å². The summed E-state index contributed by atoms with van der Waals surface area (Å²) < 4.78 is 28.8. The first-order valence-electron chi connectivity index (χ1n) is 10.6. The maximum absolute atomic E-state index is 10.8. The third-order valence-electron chi connectivity index (χ3n) is 4.88. The lowest BCUT2D eigenvalue weighted by Gasteiger charge is -2.21. The van der Waals surface area contributed by atoms with E-state index < -0.39 is 24.6 Å². The van der Waals surface area contributed by atoms with Gasteiger partial charge < -0.3 is 28.8 Å². The van der Waals surface area contributed by atoms with Gasteiger partial charge in [-0.15, -0.1) is 0 Å². The maximum atomic E-state index is 10.8. The van der Waals surface area contributed by atoms with E-state index in [2.05, 4.69) is 10.0 Å². The quantitative estimate of drug-likeness (QED) is 0.207. The predicted octanol–water partition coefficient (Wildman–Crippen LogP) is 3.22. The van der Waals surface area contributed by atoms with Crippen LogP contribution in [-0.4, -0.2) is 62.7 Å². The molecule has 9 heteroatoms. The molecular weight excluding hydrogens is 414 g/mol. The zero-order chi connectivity index (χ0) is 22.4. The zero-order valence-corrected chi connectivity index (χ0v) is 17.9. The van der Waals surface area contributed by atoms with Crippen molar-refractivity contribution in [2.24, 2.45) is 5.11 Å². The predicted molar refractivity (Wildman–Crippen MR) is 117 cm³/mol. The normalized spacial score (nSPS) is 22.5. The van der Waals surface area contributed by atoms with Gasteiger partial charge in [0, 0.05) is 11.5 Å². The third-order valence-corrected chi connectivity index (χ3v) is 4.88. The summed E-state index contributed by atoms with van der Waals surface area (Å²) in [4.78, 5) is 2.67. The average molecular weight is 444 g/mol. The van der Waals surface area contributed by atoms with Crippen molar-refractivity contribution in [3.63, 3.8) is 0 Å². The van der Waals surface area contributed by atoms with E-state index in [4.69, 9.17) is 29.2 Å². The molecule has 1 saturated heterocycles. The molecule has 2 aromatic rings.